The molecule has 1 N–H and O–H groups in total. The predicted octanol–water partition coefficient (Wildman–Crippen LogP) is 7.39. The van der Waals surface area contributed by atoms with E-state index in [-0.39, 0.29) is 12.2 Å². The fraction of sp³-hybridized carbons (Fsp3) is 0.800. The van der Waals surface area contributed by atoms with Crippen molar-refractivity contribution in [1.29, 1.82) is 0 Å². The molecule has 0 radical (unpaired) electrons. The van der Waals surface area contributed by atoms with Crippen LogP contribution in [0.25, 0.3) is 0 Å². The van der Waals surface area contributed by atoms with Crippen LogP contribution < -0.4 is 0 Å². The van der Waals surface area contributed by atoms with Crippen molar-refractivity contribution in [3.63, 3.8) is 0 Å². The topological polar surface area (TPSA) is 37.3 Å². The number of allylic oxidation sites excluding steroid dienone is 1. The molecule has 0 aliphatic carbocycles. The van der Waals surface area contributed by atoms with Crippen LogP contribution in [0.5, 0.6) is 0 Å². The number of carboxylic acids is 1. The zero-order valence-electron chi connectivity index (χ0n) is 16.6. The quantitative estimate of drug-likeness (QED) is 0.188. The van der Waals surface area contributed by atoms with Gasteiger partial charge in [-0.3, -0.25) is 0 Å². The number of halogens is 20. The van der Waals surface area contributed by atoms with Crippen molar-refractivity contribution in [2.75, 3.05) is 0 Å². The fourth-order valence-electron chi connectivity index (χ4n) is 2.18. The fourth-order valence-corrected chi connectivity index (χ4v) is 2.18. The highest BCUT2D eigenvalue weighted by atomic mass is 19.4. The Morgan fingerprint density at radius 3 is 1.16 bits per heavy atom. The van der Waals surface area contributed by atoms with Gasteiger partial charge < -0.3 is 5.11 Å². The third-order valence-corrected chi connectivity index (χ3v) is 4.38. The summed E-state index contributed by atoms with van der Waals surface area (Å²) in [4.78, 5) is 10.1. The molecule has 0 saturated heterocycles. The highest BCUT2D eigenvalue weighted by Gasteiger charge is 2.97. The lowest BCUT2D eigenvalue weighted by Gasteiger charge is -2.44. The predicted molar refractivity (Wildman–Crippen MR) is 76.5 cm³/mol. The van der Waals surface area contributed by atoms with E-state index >= 15 is 0 Å². The molecular weight excluding hydrogens is 592 g/mol. The zero-order chi connectivity index (χ0) is 30.5. The van der Waals surface area contributed by atoms with E-state index in [0.29, 0.717) is 0 Å². The normalized spacial score (nSPS) is 16.9. The molecule has 0 aliphatic heterocycles. The van der Waals surface area contributed by atoms with Gasteiger partial charge in [0.05, 0.1) is 0 Å². The van der Waals surface area contributed by atoms with Crippen molar-refractivity contribution in [2.45, 2.75) is 72.6 Å². The van der Waals surface area contributed by atoms with Gasteiger partial charge in [-0.05, 0) is 12.8 Å². The maximum absolute atomic E-state index is 13.6. The van der Waals surface area contributed by atoms with Gasteiger partial charge in [0.2, 0.25) is 0 Å². The van der Waals surface area contributed by atoms with Gasteiger partial charge >= 0.3 is 59.5 Å². The van der Waals surface area contributed by atoms with Crippen molar-refractivity contribution < 1.29 is 97.7 Å². The van der Waals surface area contributed by atoms with Crippen LogP contribution in [0.1, 0.15) is 12.8 Å². The highest BCUT2D eigenvalue weighted by Crippen LogP contribution is 2.65. The summed E-state index contributed by atoms with van der Waals surface area (Å²) in [5.41, 5.74) is 0. The third kappa shape index (κ3) is 4.99. The van der Waals surface area contributed by atoms with Crippen molar-refractivity contribution in [2.24, 2.45) is 0 Å². The van der Waals surface area contributed by atoms with Crippen LogP contribution in [0.3, 0.4) is 0 Å². The minimum Gasteiger partial charge on any atom is -0.478 e. The largest absolute Gasteiger partial charge is 0.478 e. The summed E-state index contributed by atoms with van der Waals surface area (Å²) >= 11 is 0. The van der Waals surface area contributed by atoms with Gasteiger partial charge in [0.1, 0.15) is 0 Å². The number of alkyl halides is 20. The van der Waals surface area contributed by atoms with Gasteiger partial charge in [-0.25, -0.2) is 9.18 Å². The summed E-state index contributed by atoms with van der Waals surface area (Å²) in [6.45, 7) is 0. The molecule has 0 amide bonds. The summed E-state index contributed by atoms with van der Waals surface area (Å²) in [6.07, 6.45) is -16.1. The van der Waals surface area contributed by atoms with Gasteiger partial charge in [0, 0.05) is 6.08 Å². The molecule has 0 saturated carbocycles. The van der Waals surface area contributed by atoms with E-state index < -0.39 is 78.5 Å². The molecule has 0 aromatic rings. The summed E-state index contributed by atoms with van der Waals surface area (Å²) < 4.78 is 263. The van der Waals surface area contributed by atoms with E-state index in [9.17, 15) is 92.6 Å². The Balaban J connectivity index is 6.68. The number of aliphatic carboxylic acids is 1. The number of hydrogen-bond acceptors (Lipinski definition) is 1. The van der Waals surface area contributed by atoms with E-state index in [1.165, 1.54) is 0 Å². The smallest absolute Gasteiger partial charge is 0.460 e. The molecule has 22 heteroatoms. The van der Waals surface area contributed by atoms with Crippen LogP contribution in [0.2, 0.25) is 0 Å². The Morgan fingerprint density at radius 2 is 0.865 bits per heavy atom. The summed E-state index contributed by atoms with van der Waals surface area (Å²) in [5.74, 6) is -70.4. The molecule has 1 atom stereocenters. The van der Waals surface area contributed by atoms with E-state index in [2.05, 4.69) is 0 Å². The number of rotatable bonds is 12. The molecule has 0 spiro atoms. The summed E-state index contributed by atoms with van der Waals surface area (Å²) in [7, 11) is 0. The molecular formula is C15H8F20O2. The summed E-state index contributed by atoms with van der Waals surface area (Å²) in [5, 5.41) is 8.13. The first-order valence-corrected chi connectivity index (χ1v) is 8.46. The lowest BCUT2D eigenvalue weighted by Crippen LogP contribution is -2.76. The van der Waals surface area contributed by atoms with Crippen molar-refractivity contribution in [3.8, 4) is 0 Å². The maximum Gasteiger partial charge on any atom is 0.460 e. The molecule has 1 unspecified atom stereocenters. The minimum atomic E-state index is -9.07. The standard InChI is InChI=1S/C15H8F20O2/c16-5(3-1-2-4-6(36)37)7(17,18)8(19,20)9(21,22)10(23,24)11(25,26)12(27,28)13(29,30)14(31,32)15(33,34)35/h2,4-5H,1,3H2,(H,36,37). The van der Waals surface area contributed by atoms with E-state index in [0.717, 1.165) is 0 Å². The lowest BCUT2D eigenvalue weighted by molar-refractivity contribution is -0.470. The molecule has 0 aliphatic rings. The van der Waals surface area contributed by atoms with Crippen molar-refractivity contribution >= 4 is 5.97 Å². The molecule has 0 fully saturated rings. The van der Waals surface area contributed by atoms with Crippen LogP contribution in [0.15, 0.2) is 12.2 Å². The molecule has 0 aromatic carbocycles. The van der Waals surface area contributed by atoms with Crippen LogP contribution in [-0.2, 0) is 4.79 Å². The Bertz CT molecular complexity index is 854. The molecule has 37 heavy (non-hydrogen) atoms. The second-order valence-electron chi connectivity index (χ2n) is 6.93. The van der Waals surface area contributed by atoms with Crippen LogP contribution in [-0.4, -0.2) is 70.8 Å². The van der Waals surface area contributed by atoms with Gasteiger partial charge in [-0.15, -0.1) is 0 Å². The van der Waals surface area contributed by atoms with Crippen LogP contribution in [0, 0.1) is 0 Å². The van der Waals surface area contributed by atoms with E-state index in [1.54, 1.807) is 0 Å². The minimum absolute atomic E-state index is 0.0191. The van der Waals surface area contributed by atoms with Crippen LogP contribution in [0.4, 0.5) is 87.8 Å². The monoisotopic (exact) mass is 600 g/mol. The van der Waals surface area contributed by atoms with Crippen molar-refractivity contribution in [1.82, 2.24) is 0 Å². The molecule has 0 rings (SSSR count). The number of carbonyl (C=O) groups is 1. The highest BCUT2D eigenvalue weighted by molar-refractivity contribution is 5.79. The van der Waals surface area contributed by atoms with Gasteiger partial charge in [0.15, 0.2) is 6.17 Å². The second-order valence-corrected chi connectivity index (χ2v) is 6.93. The summed E-state index contributed by atoms with van der Waals surface area (Å²) in [6, 6.07) is 0. The first kappa shape index (κ1) is 34.8. The Hall–Kier alpha value is -2.19. The number of hydrogen-bond donors (Lipinski definition) is 1. The molecule has 0 bridgehead atoms. The van der Waals surface area contributed by atoms with Crippen LogP contribution >= 0.6 is 0 Å². The molecule has 2 nitrogen and oxygen atoms in total. The number of carboxylic acid groups (broad SMARTS) is 1. The molecule has 0 heterocycles. The SMILES string of the molecule is O=C(O)C=CCCC(F)C(F)(F)C(F)(F)C(F)(F)C(F)(F)C(F)(F)C(F)(F)C(F)(F)C(F)(F)C(F)(F)F. The lowest BCUT2D eigenvalue weighted by atomic mass is 9.86. The Labute approximate surface area is 189 Å². The first-order chi connectivity index (χ1) is 15.8. The average molecular weight is 600 g/mol. The molecule has 0 aromatic heterocycles. The Kier molecular flexibility index (Phi) is 8.96. The van der Waals surface area contributed by atoms with E-state index in [4.69, 9.17) is 5.11 Å². The second kappa shape index (κ2) is 9.53. The van der Waals surface area contributed by atoms with Crippen molar-refractivity contribution in [3.05, 3.63) is 12.2 Å². The average Bonchev–Trinajstić information content (AvgIpc) is 2.68. The third-order valence-electron chi connectivity index (χ3n) is 4.38. The van der Waals surface area contributed by atoms with E-state index in [1.807, 2.05) is 0 Å². The zero-order valence-corrected chi connectivity index (χ0v) is 16.6. The molecule has 220 valence electrons. The van der Waals surface area contributed by atoms with Gasteiger partial charge in [0.25, 0.3) is 0 Å². The van der Waals surface area contributed by atoms with Gasteiger partial charge in [-0.1, -0.05) is 6.08 Å². The Morgan fingerprint density at radius 1 is 0.568 bits per heavy atom. The maximum atomic E-state index is 13.6. The van der Waals surface area contributed by atoms with Gasteiger partial charge in [-0.2, -0.15) is 83.4 Å². The first-order valence-electron chi connectivity index (χ1n) is 8.46.